The van der Waals surface area contributed by atoms with E-state index in [1.54, 1.807) is 72.8 Å². The molecule has 3 aromatic carbocycles. The second-order valence-corrected chi connectivity index (χ2v) is 8.35. The van der Waals surface area contributed by atoms with Crippen LogP contribution in [0.1, 0.15) is 10.4 Å². The Bertz CT molecular complexity index is 1130. The van der Waals surface area contributed by atoms with Gasteiger partial charge in [-0.3, -0.25) is 9.10 Å². The van der Waals surface area contributed by atoms with E-state index in [4.69, 9.17) is 4.74 Å². The smallest absolute Gasteiger partial charge is 0.264 e. The Morgan fingerprint density at radius 2 is 1.63 bits per heavy atom. The van der Waals surface area contributed by atoms with Crippen molar-refractivity contribution in [2.45, 2.75) is 4.90 Å². The Hall–Kier alpha value is -3.58. The number of nitrogens with one attached hydrogen (secondary N) is 1. The molecule has 6 nitrogen and oxygen atoms in total. The van der Waals surface area contributed by atoms with Crippen molar-refractivity contribution in [1.82, 2.24) is 0 Å². The number of carbonyl (C=O) groups excluding carboxylic acids is 1. The standard InChI is InChI=1S/C23H22N2O4S/c1-3-17-29-19-15-13-18(14-16-19)24-23(26)21-11-7-8-12-22(21)25(2)30(27,28)20-9-5-4-6-10-20/h3-16H,1,17H2,2H3,(H,24,26). The van der Waals surface area contributed by atoms with Crippen molar-refractivity contribution in [2.75, 3.05) is 23.3 Å². The van der Waals surface area contributed by atoms with Gasteiger partial charge in [-0.15, -0.1) is 0 Å². The van der Waals surface area contributed by atoms with Gasteiger partial charge in [-0.1, -0.05) is 43.0 Å². The average molecular weight is 423 g/mol. The lowest BCUT2D eigenvalue weighted by Gasteiger charge is -2.22. The molecule has 1 N–H and O–H groups in total. The van der Waals surface area contributed by atoms with Crippen molar-refractivity contribution in [3.63, 3.8) is 0 Å². The molecular formula is C23H22N2O4S. The van der Waals surface area contributed by atoms with Crippen LogP contribution in [0.4, 0.5) is 11.4 Å². The van der Waals surface area contributed by atoms with Crippen LogP contribution in [0, 0.1) is 0 Å². The van der Waals surface area contributed by atoms with E-state index in [0.717, 1.165) is 4.31 Å². The number of amides is 1. The van der Waals surface area contributed by atoms with E-state index in [9.17, 15) is 13.2 Å². The van der Waals surface area contributed by atoms with Gasteiger partial charge in [0.15, 0.2) is 0 Å². The Balaban J connectivity index is 1.84. The number of hydrogen-bond acceptors (Lipinski definition) is 4. The van der Waals surface area contributed by atoms with E-state index in [2.05, 4.69) is 11.9 Å². The first-order valence-corrected chi connectivity index (χ1v) is 10.7. The highest BCUT2D eigenvalue weighted by Gasteiger charge is 2.24. The molecule has 0 aliphatic heterocycles. The number of para-hydroxylation sites is 1. The minimum absolute atomic E-state index is 0.151. The third-order valence-electron chi connectivity index (χ3n) is 4.37. The lowest BCUT2D eigenvalue weighted by molar-refractivity contribution is 0.102. The van der Waals surface area contributed by atoms with E-state index in [-0.39, 0.29) is 16.1 Å². The quantitative estimate of drug-likeness (QED) is 0.548. The molecule has 7 heteroatoms. The van der Waals surface area contributed by atoms with Gasteiger partial charge in [-0.05, 0) is 48.5 Å². The lowest BCUT2D eigenvalue weighted by Crippen LogP contribution is -2.29. The third-order valence-corrected chi connectivity index (χ3v) is 6.16. The summed E-state index contributed by atoms with van der Waals surface area (Å²) in [6.45, 7) is 3.99. The molecule has 1 amide bonds. The first-order valence-electron chi connectivity index (χ1n) is 9.21. The zero-order valence-electron chi connectivity index (χ0n) is 16.5. The predicted molar refractivity (Wildman–Crippen MR) is 119 cm³/mol. The molecule has 3 aromatic rings. The molecule has 0 aliphatic carbocycles. The van der Waals surface area contributed by atoms with Crippen LogP contribution in [0.3, 0.4) is 0 Å². The van der Waals surface area contributed by atoms with E-state index >= 15 is 0 Å². The van der Waals surface area contributed by atoms with Crippen molar-refractivity contribution in [3.05, 3.63) is 97.1 Å². The second kappa shape index (κ2) is 9.28. The van der Waals surface area contributed by atoms with Crippen molar-refractivity contribution in [1.29, 1.82) is 0 Å². The van der Waals surface area contributed by atoms with Gasteiger partial charge in [0.25, 0.3) is 15.9 Å². The molecule has 0 bridgehead atoms. The summed E-state index contributed by atoms with van der Waals surface area (Å²) in [6.07, 6.45) is 1.65. The van der Waals surface area contributed by atoms with Gasteiger partial charge in [0, 0.05) is 12.7 Å². The number of nitrogens with zero attached hydrogens (tertiary/aromatic N) is 1. The molecule has 3 rings (SSSR count). The molecule has 0 heterocycles. The molecule has 0 fully saturated rings. The van der Waals surface area contributed by atoms with Gasteiger partial charge in [0.1, 0.15) is 12.4 Å². The number of hydrogen-bond donors (Lipinski definition) is 1. The van der Waals surface area contributed by atoms with Crippen LogP contribution in [-0.4, -0.2) is 28.0 Å². The second-order valence-electron chi connectivity index (χ2n) is 6.38. The Kier molecular flexibility index (Phi) is 6.54. The van der Waals surface area contributed by atoms with Gasteiger partial charge in [-0.2, -0.15) is 0 Å². The fourth-order valence-corrected chi connectivity index (χ4v) is 4.04. The molecule has 0 spiro atoms. The number of rotatable bonds is 8. The summed E-state index contributed by atoms with van der Waals surface area (Å²) < 4.78 is 32.5. The summed E-state index contributed by atoms with van der Waals surface area (Å²) in [5, 5.41) is 2.79. The molecule has 0 radical (unpaired) electrons. The summed E-state index contributed by atoms with van der Waals surface area (Å²) >= 11 is 0. The maximum atomic E-state index is 13.0. The highest BCUT2D eigenvalue weighted by molar-refractivity contribution is 7.92. The van der Waals surface area contributed by atoms with E-state index in [0.29, 0.717) is 18.0 Å². The topological polar surface area (TPSA) is 75.7 Å². The van der Waals surface area contributed by atoms with Gasteiger partial charge >= 0.3 is 0 Å². The summed E-state index contributed by atoms with van der Waals surface area (Å²) in [5.74, 6) is 0.238. The van der Waals surface area contributed by atoms with Gasteiger partial charge in [-0.25, -0.2) is 8.42 Å². The average Bonchev–Trinajstić information content (AvgIpc) is 2.78. The SMILES string of the molecule is C=CCOc1ccc(NC(=O)c2ccccc2N(C)S(=O)(=O)c2ccccc2)cc1. The Morgan fingerprint density at radius 3 is 2.30 bits per heavy atom. The zero-order valence-corrected chi connectivity index (χ0v) is 17.3. The summed E-state index contributed by atoms with van der Waals surface area (Å²) in [7, 11) is -2.38. The molecule has 0 atom stereocenters. The normalized spacial score (nSPS) is 10.8. The van der Waals surface area contributed by atoms with Crippen LogP contribution in [-0.2, 0) is 10.0 Å². The molecule has 0 unspecified atom stereocenters. The van der Waals surface area contributed by atoms with Crippen molar-refractivity contribution < 1.29 is 17.9 Å². The van der Waals surface area contributed by atoms with Crippen LogP contribution < -0.4 is 14.4 Å². The molecular weight excluding hydrogens is 400 g/mol. The predicted octanol–water partition coefficient (Wildman–Crippen LogP) is 4.33. The van der Waals surface area contributed by atoms with E-state index in [1.807, 2.05) is 0 Å². The summed E-state index contributed by atoms with van der Waals surface area (Å²) in [4.78, 5) is 13.0. The molecule has 154 valence electrons. The maximum absolute atomic E-state index is 13.0. The third kappa shape index (κ3) is 4.69. The van der Waals surface area contributed by atoms with Gasteiger partial charge < -0.3 is 10.1 Å². The minimum atomic E-state index is -3.81. The monoisotopic (exact) mass is 422 g/mol. The molecule has 30 heavy (non-hydrogen) atoms. The summed E-state index contributed by atoms with van der Waals surface area (Å²) in [6, 6.07) is 21.5. The van der Waals surface area contributed by atoms with Crippen molar-refractivity contribution in [3.8, 4) is 5.75 Å². The van der Waals surface area contributed by atoms with Crippen LogP contribution in [0.2, 0.25) is 0 Å². The molecule has 0 aromatic heterocycles. The van der Waals surface area contributed by atoms with E-state index in [1.165, 1.54) is 19.2 Å². The van der Waals surface area contributed by atoms with Crippen LogP contribution >= 0.6 is 0 Å². The van der Waals surface area contributed by atoms with Crippen LogP contribution in [0.25, 0.3) is 0 Å². The number of benzene rings is 3. The number of sulfonamides is 1. The van der Waals surface area contributed by atoms with Gasteiger partial charge in [0.05, 0.1) is 16.1 Å². The number of ether oxygens (including phenoxy) is 1. The Labute approximate surface area is 176 Å². The molecule has 0 aliphatic rings. The summed E-state index contributed by atoms with van der Waals surface area (Å²) in [5.41, 5.74) is 1.09. The highest BCUT2D eigenvalue weighted by atomic mass is 32.2. The molecule has 0 saturated carbocycles. The number of anilines is 2. The minimum Gasteiger partial charge on any atom is -0.490 e. The van der Waals surface area contributed by atoms with E-state index < -0.39 is 15.9 Å². The van der Waals surface area contributed by atoms with Crippen LogP contribution in [0.5, 0.6) is 5.75 Å². The highest BCUT2D eigenvalue weighted by Crippen LogP contribution is 2.26. The zero-order chi connectivity index (χ0) is 21.6. The largest absolute Gasteiger partial charge is 0.490 e. The van der Waals surface area contributed by atoms with Crippen molar-refractivity contribution >= 4 is 27.3 Å². The number of carbonyl (C=O) groups is 1. The van der Waals surface area contributed by atoms with Crippen LogP contribution in [0.15, 0.2) is 96.4 Å². The first-order chi connectivity index (χ1) is 14.4. The Morgan fingerprint density at radius 1 is 1.00 bits per heavy atom. The fourth-order valence-electron chi connectivity index (χ4n) is 2.81. The fraction of sp³-hybridized carbons (Fsp3) is 0.0870. The van der Waals surface area contributed by atoms with Gasteiger partial charge in [0.2, 0.25) is 0 Å². The first kappa shape index (κ1) is 21.1. The maximum Gasteiger partial charge on any atom is 0.264 e. The molecule has 0 saturated heterocycles. The lowest BCUT2D eigenvalue weighted by atomic mass is 10.1. The van der Waals surface area contributed by atoms with Crippen molar-refractivity contribution in [2.24, 2.45) is 0 Å².